The van der Waals surface area contributed by atoms with E-state index in [1.807, 2.05) is 46.1 Å². The molecule has 0 spiro atoms. The number of hydrogen-bond donors (Lipinski definition) is 0. The number of imidazole rings is 1. The molecule has 0 saturated heterocycles. The fraction of sp³-hybridized carbons (Fsp3) is 0.433. The second kappa shape index (κ2) is 14.8. The van der Waals surface area contributed by atoms with Gasteiger partial charge >= 0.3 is 0 Å². The number of rotatable bonds is 6. The topological polar surface area (TPSA) is 103 Å². The molecule has 0 fully saturated rings. The molecule has 222 valence electrons. The van der Waals surface area contributed by atoms with Crippen LogP contribution in [0.15, 0.2) is 61.7 Å². The van der Waals surface area contributed by atoms with Gasteiger partial charge in [0.2, 0.25) is 5.91 Å². The van der Waals surface area contributed by atoms with E-state index < -0.39 is 0 Å². The molecule has 0 saturated carbocycles. The molecule has 1 amide bonds. The average Bonchev–Trinajstić information content (AvgIpc) is 3.70. The van der Waals surface area contributed by atoms with Gasteiger partial charge in [-0.05, 0) is 55.6 Å². The van der Waals surface area contributed by atoms with Gasteiger partial charge in [-0.1, -0.05) is 11.6 Å². The molecule has 12 heteroatoms. The Morgan fingerprint density at radius 2 is 1.86 bits per heavy atom. The number of methoxy groups -OCH3 is 1. The highest BCUT2D eigenvalue weighted by atomic mass is 35.5. The molecule has 1 aliphatic heterocycles. The fourth-order valence-corrected chi connectivity index (χ4v) is 5.31. The van der Waals surface area contributed by atoms with E-state index in [0.717, 1.165) is 49.4 Å². The van der Waals surface area contributed by atoms with Crippen molar-refractivity contribution in [1.82, 2.24) is 39.1 Å². The summed E-state index contributed by atoms with van der Waals surface area (Å²) in [5.41, 5.74) is 2.00. The molecule has 4 heterocycles. The molecule has 0 unspecified atom stereocenters. The predicted molar refractivity (Wildman–Crippen MR) is 159 cm³/mol. The van der Waals surface area contributed by atoms with Crippen molar-refractivity contribution >= 4 is 17.5 Å². The standard InChI is InChI=1S/C30H37ClN8O3/c1-41-27-6-5-24-19-28(27)42-18-4-13-38(29(40)8-14-37-22-34-35-23-37)12-3-2-11-36(16-17-39-15-10-33-30(24)39)21-25-7-9-32-20-26(25)31/h5-7,9-10,15,19-20,22-23H,2-4,8,11-14,16-18,21H2,1H3. The van der Waals surface area contributed by atoms with Gasteiger partial charge in [0.05, 0.1) is 18.7 Å². The van der Waals surface area contributed by atoms with Crippen molar-refractivity contribution in [2.24, 2.45) is 0 Å². The second-order valence-electron chi connectivity index (χ2n) is 10.3. The Labute approximate surface area is 251 Å². The number of aromatic nitrogens is 6. The summed E-state index contributed by atoms with van der Waals surface area (Å²) in [5, 5.41) is 8.34. The number of amides is 1. The van der Waals surface area contributed by atoms with Gasteiger partial charge in [-0.25, -0.2) is 4.98 Å². The maximum absolute atomic E-state index is 13.2. The highest BCUT2D eigenvalue weighted by Gasteiger charge is 2.17. The van der Waals surface area contributed by atoms with Crippen molar-refractivity contribution in [1.29, 1.82) is 0 Å². The monoisotopic (exact) mass is 592 g/mol. The SMILES string of the molecule is COc1ccc2cc1OCCCN(C(=O)CCn1cnnc1)CCCCN(Cc1ccncc1Cl)CCn1ccnc1-2. The molecule has 1 aromatic carbocycles. The minimum atomic E-state index is 0.118. The number of carbonyl (C=O) groups is 1. The van der Waals surface area contributed by atoms with Gasteiger partial charge in [-0.2, -0.15) is 0 Å². The number of fused-ring (bicyclic) bond motifs is 4. The Kier molecular flexibility index (Phi) is 10.4. The molecular formula is C30H37ClN8O3. The van der Waals surface area contributed by atoms with Crippen LogP contribution >= 0.6 is 11.6 Å². The van der Waals surface area contributed by atoms with Crippen LogP contribution in [0, 0.1) is 0 Å². The van der Waals surface area contributed by atoms with Gasteiger partial charge in [0.25, 0.3) is 0 Å². The van der Waals surface area contributed by atoms with Gasteiger partial charge in [0, 0.05) is 76.0 Å². The van der Waals surface area contributed by atoms with Crippen molar-refractivity contribution < 1.29 is 14.3 Å². The second-order valence-corrected chi connectivity index (χ2v) is 10.7. The minimum absolute atomic E-state index is 0.118. The average molecular weight is 593 g/mol. The zero-order chi connectivity index (χ0) is 29.1. The third kappa shape index (κ3) is 7.86. The number of nitrogens with zero attached hydrogens (tertiary/aromatic N) is 8. The van der Waals surface area contributed by atoms with Crippen LogP contribution in [0.5, 0.6) is 11.5 Å². The quantitative estimate of drug-likeness (QED) is 0.328. The molecule has 5 rings (SSSR count). The normalized spacial score (nSPS) is 15.4. The lowest BCUT2D eigenvalue weighted by Gasteiger charge is -2.25. The first kappa shape index (κ1) is 29.5. The van der Waals surface area contributed by atoms with E-state index in [2.05, 4.69) is 29.6 Å². The summed E-state index contributed by atoms with van der Waals surface area (Å²) in [6.07, 6.45) is 13.5. The van der Waals surface area contributed by atoms with Crippen LogP contribution in [0.2, 0.25) is 5.02 Å². The number of carbonyl (C=O) groups excluding carboxylic acids is 1. The summed E-state index contributed by atoms with van der Waals surface area (Å²) in [6.45, 7) is 5.48. The molecule has 42 heavy (non-hydrogen) atoms. The number of aryl methyl sites for hydroxylation is 1. The Bertz CT molecular complexity index is 1430. The van der Waals surface area contributed by atoms with Crippen LogP contribution in [-0.2, 0) is 24.4 Å². The smallest absolute Gasteiger partial charge is 0.224 e. The molecule has 3 aromatic heterocycles. The Hall–Kier alpha value is -3.96. The largest absolute Gasteiger partial charge is 0.493 e. The molecule has 11 nitrogen and oxygen atoms in total. The van der Waals surface area contributed by atoms with Crippen LogP contribution in [0.1, 0.15) is 31.2 Å². The third-order valence-corrected chi connectivity index (χ3v) is 7.77. The van der Waals surface area contributed by atoms with Gasteiger partial charge < -0.3 is 23.5 Å². The van der Waals surface area contributed by atoms with E-state index in [4.69, 9.17) is 21.1 Å². The zero-order valence-corrected chi connectivity index (χ0v) is 24.7. The van der Waals surface area contributed by atoms with Crippen molar-refractivity contribution in [3.63, 3.8) is 0 Å². The van der Waals surface area contributed by atoms with E-state index in [0.29, 0.717) is 62.1 Å². The summed E-state index contributed by atoms with van der Waals surface area (Å²) in [7, 11) is 1.64. The van der Waals surface area contributed by atoms with E-state index >= 15 is 0 Å². The van der Waals surface area contributed by atoms with E-state index in [1.54, 1.807) is 32.2 Å². The Morgan fingerprint density at radius 3 is 2.69 bits per heavy atom. The van der Waals surface area contributed by atoms with Gasteiger partial charge in [-0.3, -0.25) is 14.7 Å². The first-order valence-corrected chi connectivity index (χ1v) is 14.7. The van der Waals surface area contributed by atoms with Crippen molar-refractivity contribution in [3.05, 3.63) is 72.3 Å². The lowest BCUT2D eigenvalue weighted by atomic mass is 10.2. The molecule has 0 atom stereocenters. The third-order valence-electron chi connectivity index (χ3n) is 7.43. The van der Waals surface area contributed by atoms with Gasteiger partial charge in [-0.15, -0.1) is 10.2 Å². The summed E-state index contributed by atoms with van der Waals surface area (Å²) < 4.78 is 15.7. The van der Waals surface area contributed by atoms with Gasteiger partial charge in [0.15, 0.2) is 11.5 Å². The van der Waals surface area contributed by atoms with Crippen molar-refractivity contribution in [2.75, 3.05) is 39.9 Å². The summed E-state index contributed by atoms with van der Waals surface area (Å²) in [6, 6.07) is 7.87. The molecule has 0 N–H and O–H groups in total. The van der Waals surface area contributed by atoms with Crippen LogP contribution < -0.4 is 9.47 Å². The predicted octanol–water partition coefficient (Wildman–Crippen LogP) is 4.18. The minimum Gasteiger partial charge on any atom is -0.493 e. The van der Waals surface area contributed by atoms with E-state index in [9.17, 15) is 4.79 Å². The lowest BCUT2D eigenvalue weighted by Crippen LogP contribution is -2.35. The van der Waals surface area contributed by atoms with Crippen LogP contribution in [0.3, 0.4) is 0 Å². The molecule has 2 bridgehead atoms. The highest BCUT2D eigenvalue weighted by Crippen LogP contribution is 2.32. The van der Waals surface area contributed by atoms with E-state index in [-0.39, 0.29) is 5.91 Å². The first-order chi connectivity index (χ1) is 20.6. The van der Waals surface area contributed by atoms with Crippen LogP contribution in [-0.4, -0.2) is 84.9 Å². The molecule has 1 aliphatic rings. The van der Waals surface area contributed by atoms with Crippen LogP contribution in [0.4, 0.5) is 0 Å². The summed E-state index contributed by atoms with van der Waals surface area (Å²) in [4.78, 5) is 26.4. The van der Waals surface area contributed by atoms with Crippen molar-refractivity contribution in [3.8, 4) is 22.9 Å². The highest BCUT2D eigenvalue weighted by molar-refractivity contribution is 6.31. The van der Waals surface area contributed by atoms with Crippen LogP contribution in [0.25, 0.3) is 11.4 Å². The van der Waals surface area contributed by atoms with Crippen molar-refractivity contribution in [2.45, 2.75) is 45.3 Å². The summed E-state index contributed by atoms with van der Waals surface area (Å²) >= 11 is 6.48. The molecular weight excluding hydrogens is 556 g/mol. The number of hydrogen-bond acceptors (Lipinski definition) is 8. The zero-order valence-electron chi connectivity index (χ0n) is 23.9. The Morgan fingerprint density at radius 1 is 1.02 bits per heavy atom. The fourth-order valence-electron chi connectivity index (χ4n) is 5.13. The number of halogens is 1. The summed E-state index contributed by atoms with van der Waals surface area (Å²) in [5.74, 6) is 2.32. The van der Waals surface area contributed by atoms with Gasteiger partial charge in [0.1, 0.15) is 18.5 Å². The lowest BCUT2D eigenvalue weighted by molar-refractivity contribution is -0.131. The van der Waals surface area contributed by atoms with E-state index in [1.165, 1.54) is 0 Å². The number of ether oxygens (including phenoxy) is 2. The molecule has 4 aromatic rings. The molecule has 0 radical (unpaired) electrons. The maximum Gasteiger partial charge on any atom is 0.224 e. The first-order valence-electron chi connectivity index (χ1n) is 14.3. The number of pyridine rings is 1. The Balaban J connectivity index is 1.35. The molecule has 0 aliphatic carbocycles. The number of benzene rings is 1. The maximum atomic E-state index is 13.2.